The van der Waals surface area contributed by atoms with Gasteiger partial charge in [0.1, 0.15) is 0 Å². The van der Waals surface area contributed by atoms with Gasteiger partial charge in [-0.05, 0) is 54.2 Å². The maximum Gasteiger partial charge on any atom is 0.244 e. The number of nitrogens with zero attached hydrogens (tertiary/aromatic N) is 1. The smallest absolute Gasteiger partial charge is 0.207 e. The van der Waals surface area contributed by atoms with Gasteiger partial charge in [-0.15, -0.1) is 6.42 Å². The lowest BCUT2D eigenvalue weighted by Crippen LogP contribution is -2.33. The van der Waals surface area contributed by atoms with Crippen LogP contribution in [-0.2, 0) is 10.0 Å². The van der Waals surface area contributed by atoms with Gasteiger partial charge in [0.2, 0.25) is 10.0 Å². The van der Waals surface area contributed by atoms with Gasteiger partial charge in [0.25, 0.3) is 0 Å². The first-order chi connectivity index (χ1) is 16.0. The van der Waals surface area contributed by atoms with Crippen LogP contribution in [0.15, 0.2) is 101 Å². The fraction of sp³-hybridized carbons (Fsp3) is 0.172. The van der Waals surface area contributed by atoms with Gasteiger partial charge < -0.3 is 0 Å². The molecule has 0 heterocycles. The second-order valence-electron chi connectivity index (χ2n) is 8.22. The van der Waals surface area contributed by atoms with Crippen LogP contribution in [0.3, 0.4) is 0 Å². The van der Waals surface area contributed by atoms with E-state index in [-0.39, 0.29) is 18.0 Å². The van der Waals surface area contributed by atoms with Crippen LogP contribution in [0, 0.1) is 19.3 Å². The number of rotatable bonds is 7. The van der Waals surface area contributed by atoms with E-state index >= 15 is 0 Å². The number of hydrogen-bond acceptors (Lipinski definition) is 2. The Morgan fingerprint density at radius 3 is 2.00 bits per heavy atom. The topological polar surface area (TPSA) is 37.4 Å². The van der Waals surface area contributed by atoms with Gasteiger partial charge in [-0.1, -0.05) is 95.9 Å². The number of terminal acetylenes is 1. The fourth-order valence-electron chi connectivity index (χ4n) is 4.16. The summed E-state index contributed by atoms with van der Waals surface area (Å²) in [5, 5.41) is 0. The van der Waals surface area contributed by atoms with Gasteiger partial charge >= 0.3 is 0 Å². The van der Waals surface area contributed by atoms with Crippen LogP contribution < -0.4 is 0 Å². The lowest BCUT2D eigenvalue weighted by molar-refractivity contribution is 0.469. The molecule has 0 saturated heterocycles. The van der Waals surface area contributed by atoms with Crippen molar-refractivity contribution in [3.05, 3.63) is 113 Å². The number of benzene rings is 3. The highest BCUT2D eigenvalue weighted by Crippen LogP contribution is 2.38. The molecule has 1 aliphatic carbocycles. The molecule has 166 valence electrons. The first-order valence-electron chi connectivity index (χ1n) is 11.0. The zero-order valence-electron chi connectivity index (χ0n) is 18.7. The molecule has 3 nitrogen and oxygen atoms in total. The Kier molecular flexibility index (Phi) is 6.93. The Morgan fingerprint density at radius 1 is 0.848 bits per heavy atom. The minimum absolute atomic E-state index is 0.0312. The zero-order chi connectivity index (χ0) is 23.3. The summed E-state index contributed by atoms with van der Waals surface area (Å²) in [6.45, 7) is 2.24. The second kappa shape index (κ2) is 10.0. The van der Waals surface area contributed by atoms with E-state index in [1.165, 1.54) is 21.0 Å². The summed E-state index contributed by atoms with van der Waals surface area (Å²) in [7, 11) is -3.69. The normalized spacial score (nSPS) is 14.2. The van der Waals surface area contributed by atoms with E-state index in [0.29, 0.717) is 6.42 Å². The highest BCUT2D eigenvalue weighted by atomic mass is 32.2. The van der Waals surface area contributed by atoms with Crippen LogP contribution in [0.25, 0.3) is 11.1 Å². The van der Waals surface area contributed by atoms with Crippen molar-refractivity contribution in [2.75, 3.05) is 13.1 Å². The largest absolute Gasteiger partial charge is 0.244 e. The Bertz CT molecular complexity index is 1310. The molecular weight excluding hydrogens is 426 g/mol. The maximum absolute atomic E-state index is 13.3. The number of allylic oxidation sites excluding steroid dienone is 3. The van der Waals surface area contributed by atoms with E-state index in [1.54, 1.807) is 12.1 Å². The maximum atomic E-state index is 13.3. The van der Waals surface area contributed by atoms with E-state index in [0.717, 1.165) is 23.1 Å². The van der Waals surface area contributed by atoms with Crippen molar-refractivity contribution >= 4 is 21.2 Å². The first kappa shape index (κ1) is 22.8. The van der Waals surface area contributed by atoms with Crippen LogP contribution in [0.1, 0.15) is 29.5 Å². The molecule has 4 rings (SSSR count). The third-order valence-corrected chi connectivity index (χ3v) is 7.72. The molecule has 0 aliphatic heterocycles. The number of sulfonamides is 1. The van der Waals surface area contributed by atoms with Gasteiger partial charge in [0.05, 0.1) is 11.4 Å². The molecule has 3 aromatic carbocycles. The molecule has 0 unspecified atom stereocenters. The summed E-state index contributed by atoms with van der Waals surface area (Å²) in [5.74, 6) is 2.53. The fourth-order valence-corrected chi connectivity index (χ4v) is 5.51. The molecule has 0 amide bonds. The quantitative estimate of drug-likeness (QED) is 0.327. The van der Waals surface area contributed by atoms with Crippen molar-refractivity contribution in [1.29, 1.82) is 0 Å². The van der Waals surface area contributed by atoms with Crippen LogP contribution in [0.2, 0.25) is 0 Å². The highest BCUT2D eigenvalue weighted by Gasteiger charge is 2.26. The Balaban J connectivity index is 1.65. The monoisotopic (exact) mass is 453 g/mol. The average Bonchev–Trinajstić information content (AvgIpc) is 2.85. The Labute approximate surface area is 197 Å². The molecular formula is C29H27NO2S. The molecule has 1 aliphatic rings. The molecule has 3 aromatic rings. The van der Waals surface area contributed by atoms with Crippen LogP contribution >= 0.6 is 0 Å². The summed E-state index contributed by atoms with van der Waals surface area (Å²) < 4.78 is 28.1. The van der Waals surface area contributed by atoms with E-state index in [9.17, 15) is 8.42 Å². The summed E-state index contributed by atoms with van der Waals surface area (Å²) in [6.07, 6.45) is 9.15. The number of hydrogen-bond donors (Lipinski definition) is 0. The van der Waals surface area contributed by atoms with Crippen molar-refractivity contribution in [3.8, 4) is 12.3 Å². The second-order valence-corrected chi connectivity index (χ2v) is 10.2. The van der Waals surface area contributed by atoms with Gasteiger partial charge in [-0.25, -0.2) is 8.42 Å². The molecule has 0 spiro atoms. The van der Waals surface area contributed by atoms with Crippen molar-refractivity contribution < 1.29 is 8.42 Å². The molecule has 0 fully saturated rings. The van der Waals surface area contributed by atoms with Crippen molar-refractivity contribution in [3.63, 3.8) is 0 Å². The van der Waals surface area contributed by atoms with Crippen LogP contribution in [0.5, 0.6) is 0 Å². The summed E-state index contributed by atoms with van der Waals surface area (Å²) in [6, 6.07) is 27.6. The van der Waals surface area contributed by atoms with Gasteiger partial charge in [0.15, 0.2) is 0 Å². The van der Waals surface area contributed by atoms with E-state index in [4.69, 9.17) is 6.42 Å². The first-order valence-corrected chi connectivity index (χ1v) is 12.4. The van der Waals surface area contributed by atoms with Crippen molar-refractivity contribution in [1.82, 2.24) is 4.31 Å². The molecule has 0 aromatic heterocycles. The summed E-state index contributed by atoms with van der Waals surface area (Å²) in [5.41, 5.74) is 6.92. The molecule has 0 N–H and O–H groups in total. The van der Waals surface area contributed by atoms with Crippen LogP contribution in [-0.4, -0.2) is 25.8 Å². The highest BCUT2D eigenvalue weighted by molar-refractivity contribution is 7.89. The molecule has 33 heavy (non-hydrogen) atoms. The van der Waals surface area contributed by atoms with Crippen molar-refractivity contribution in [2.45, 2.75) is 24.7 Å². The summed E-state index contributed by atoms with van der Waals surface area (Å²) in [4.78, 5) is 0.267. The average molecular weight is 454 g/mol. The lowest BCUT2D eigenvalue weighted by atomic mass is 9.84. The lowest BCUT2D eigenvalue weighted by Gasteiger charge is -2.26. The van der Waals surface area contributed by atoms with E-state index < -0.39 is 10.0 Å². The predicted molar refractivity (Wildman–Crippen MR) is 136 cm³/mol. The van der Waals surface area contributed by atoms with E-state index in [1.807, 2.05) is 55.5 Å². The Morgan fingerprint density at radius 2 is 1.42 bits per heavy atom. The molecule has 0 bridgehead atoms. The Hall–Kier alpha value is -3.39. The van der Waals surface area contributed by atoms with Gasteiger partial charge in [0, 0.05) is 6.54 Å². The van der Waals surface area contributed by atoms with Gasteiger partial charge in [-0.2, -0.15) is 4.31 Å². The minimum Gasteiger partial charge on any atom is -0.207 e. The number of aryl methyl sites for hydroxylation is 1. The summed E-state index contributed by atoms with van der Waals surface area (Å²) >= 11 is 0. The molecule has 0 radical (unpaired) electrons. The molecule has 0 atom stereocenters. The zero-order valence-corrected chi connectivity index (χ0v) is 19.6. The van der Waals surface area contributed by atoms with Crippen LogP contribution in [0.4, 0.5) is 0 Å². The van der Waals surface area contributed by atoms with Gasteiger partial charge in [-0.3, -0.25) is 0 Å². The third-order valence-electron chi connectivity index (χ3n) is 5.91. The minimum atomic E-state index is -3.69. The SMILES string of the molecule is C#CCN(CC1=CCC(c2ccccc2)=C(c2ccccc2)C1)S(=O)(=O)c1ccc(C)cc1. The third kappa shape index (κ3) is 5.17. The van der Waals surface area contributed by atoms with Crippen molar-refractivity contribution in [2.24, 2.45) is 0 Å². The molecule has 0 saturated carbocycles. The predicted octanol–water partition coefficient (Wildman–Crippen LogP) is 5.95. The standard InChI is InChI=1S/C29H27NO2S/c1-3-20-30(33(31,32)27-17-14-23(2)15-18-27)22-24-16-19-28(25-10-6-4-7-11-25)29(21-24)26-12-8-5-9-13-26/h1,4-18H,19-22H2,2H3. The van der Waals surface area contributed by atoms with E-state index in [2.05, 4.69) is 36.3 Å². The molecule has 4 heteroatoms.